The molecule has 3 unspecified atom stereocenters. The Morgan fingerprint density at radius 1 is 1.22 bits per heavy atom. The summed E-state index contributed by atoms with van der Waals surface area (Å²) >= 11 is 1.85. The number of rotatable bonds is 4. The zero-order valence-corrected chi connectivity index (χ0v) is 13.0. The standard InChI is InChI=1S/C16H27NS/c1-5-17-16(15-10-18-9-13(15)4)14-7-11(2)6-12(3)8-14/h9-12,14,16-17H,5-8H2,1-4H3. The van der Waals surface area contributed by atoms with Crippen molar-refractivity contribution in [2.75, 3.05) is 6.54 Å². The zero-order valence-electron chi connectivity index (χ0n) is 12.2. The minimum absolute atomic E-state index is 0.575. The first kappa shape index (κ1) is 14.1. The molecule has 1 N–H and O–H groups in total. The lowest BCUT2D eigenvalue weighted by molar-refractivity contribution is 0.177. The summed E-state index contributed by atoms with van der Waals surface area (Å²) in [5.74, 6) is 2.59. The molecular formula is C16H27NS. The van der Waals surface area contributed by atoms with Crippen molar-refractivity contribution in [3.63, 3.8) is 0 Å². The predicted octanol–water partition coefficient (Wildman–Crippen LogP) is 4.78. The Balaban J connectivity index is 2.17. The lowest BCUT2D eigenvalue weighted by Gasteiger charge is -2.37. The van der Waals surface area contributed by atoms with Crippen molar-refractivity contribution in [1.29, 1.82) is 0 Å². The van der Waals surface area contributed by atoms with Gasteiger partial charge in [-0.2, -0.15) is 11.3 Å². The number of hydrogen-bond acceptors (Lipinski definition) is 2. The van der Waals surface area contributed by atoms with Crippen molar-refractivity contribution in [2.24, 2.45) is 17.8 Å². The SMILES string of the molecule is CCNC(c1cscc1C)C1CC(C)CC(C)C1. The van der Waals surface area contributed by atoms with Crippen molar-refractivity contribution in [3.05, 3.63) is 21.9 Å². The molecule has 1 fully saturated rings. The monoisotopic (exact) mass is 265 g/mol. The quantitative estimate of drug-likeness (QED) is 0.826. The molecule has 1 aliphatic rings. The minimum atomic E-state index is 0.575. The van der Waals surface area contributed by atoms with Gasteiger partial charge in [0.25, 0.3) is 0 Å². The Morgan fingerprint density at radius 2 is 1.89 bits per heavy atom. The fraction of sp³-hybridized carbons (Fsp3) is 0.750. The van der Waals surface area contributed by atoms with Crippen LogP contribution in [0.2, 0.25) is 0 Å². The topological polar surface area (TPSA) is 12.0 Å². The molecule has 2 heteroatoms. The van der Waals surface area contributed by atoms with Gasteiger partial charge in [-0.3, -0.25) is 0 Å². The van der Waals surface area contributed by atoms with Crippen LogP contribution in [0.15, 0.2) is 10.8 Å². The van der Waals surface area contributed by atoms with Crippen molar-refractivity contribution in [1.82, 2.24) is 5.32 Å². The van der Waals surface area contributed by atoms with E-state index >= 15 is 0 Å². The molecule has 0 radical (unpaired) electrons. The maximum atomic E-state index is 3.74. The third-order valence-electron chi connectivity index (χ3n) is 4.34. The van der Waals surface area contributed by atoms with Gasteiger partial charge in [0.2, 0.25) is 0 Å². The summed E-state index contributed by atoms with van der Waals surface area (Å²) in [7, 11) is 0. The Kier molecular flexibility index (Phi) is 4.85. The van der Waals surface area contributed by atoms with Crippen LogP contribution in [-0.2, 0) is 0 Å². The maximum absolute atomic E-state index is 3.74. The second-order valence-electron chi connectivity index (χ2n) is 6.22. The molecule has 1 aliphatic carbocycles. The Bertz CT molecular complexity index is 361. The highest BCUT2D eigenvalue weighted by molar-refractivity contribution is 7.08. The summed E-state index contributed by atoms with van der Waals surface area (Å²) in [5.41, 5.74) is 3.02. The van der Waals surface area contributed by atoms with E-state index in [1.165, 1.54) is 24.8 Å². The van der Waals surface area contributed by atoms with Gasteiger partial charge in [0, 0.05) is 6.04 Å². The third-order valence-corrected chi connectivity index (χ3v) is 5.22. The van der Waals surface area contributed by atoms with Gasteiger partial charge < -0.3 is 5.32 Å². The summed E-state index contributed by atoms with van der Waals surface area (Å²) in [6.45, 7) is 10.4. The van der Waals surface area contributed by atoms with E-state index in [-0.39, 0.29) is 0 Å². The second kappa shape index (κ2) is 6.21. The third kappa shape index (κ3) is 3.16. The molecular weight excluding hydrogens is 238 g/mol. The van der Waals surface area contributed by atoms with E-state index in [1.807, 2.05) is 11.3 Å². The summed E-state index contributed by atoms with van der Waals surface area (Å²) in [5, 5.41) is 8.38. The van der Waals surface area contributed by atoms with Gasteiger partial charge in [0.05, 0.1) is 0 Å². The lowest BCUT2D eigenvalue weighted by atomic mass is 9.72. The molecule has 0 bridgehead atoms. The lowest BCUT2D eigenvalue weighted by Crippen LogP contribution is -2.33. The summed E-state index contributed by atoms with van der Waals surface area (Å²) in [4.78, 5) is 0. The van der Waals surface area contributed by atoms with Gasteiger partial charge in [0.15, 0.2) is 0 Å². The molecule has 18 heavy (non-hydrogen) atoms. The normalized spacial score (nSPS) is 30.3. The average molecular weight is 265 g/mol. The van der Waals surface area contributed by atoms with E-state index in [4.69, 9.17) is 0 Å². The van der Waals surface area contributed by atoms with E-state index in [9.17, 15) is 0 Å². The molecule has 1 nitrogen and oxygen atoms in total. The Hall–Kier alpha value is -0.340. The predicted molar refractivity (Wildman–Crippen MR) is 81.1 cm³/mol. The van der Waals surface area contributed by atoms with E-state index in [1.54, 1.807) is 5.56 Å². The van der Waals surface area contributed by atoms with Gasteiger partial charge in [-0.1, -0.05) is 20.8 Å². The van der Waals surface area contributed by atoms with Gasteiger partial charge in [-0.25, -0.2) is 0 Å². The molecule has 0 spiro atoms. The second-order valence-corrected chi connectivity index (χ2v) is 6.97. The number of thiophene rings is 1. The van der Waals surface area contributed by atoms with Crippen LogP contribution in [0.5, 0.6) is 0 Å². The molecule has 1 aromatic rings. The van der Waals surface area contributed by atoms with E-state index < -0.39 is 0 Å². The highest BCUT2D eigenvalue weighted by Gasteiger charge is 2.31. The van der Waals surface area contributed by atoms with Crippen LogP contribution in [0.1, 0.15) is 57.2 Å². The van der Waals surface area contributed by atoms with Crippen molar-refractivity contribution < 1.29 is 0 Å². The molecule has 1 saturated carbocycles. The van der Waals surface area contributed by atoms with E-state index in [0.717, 1.165) is 24.3 Å². The fourth-order valence-corrected chi connectivity index (χ4v) is 4.61. The fourth-order valence-electron chi connectivity index (χ4n) is 3.72. The molecule has 102 valence electrons. The van der Waals surface area contributed by atoms with Crippen molar-refractivity contribution in [3.8, 4) is 0 Å². The summed E-state index contributed by atoms with van der Waals surface area (Å²) in [6, 6.07) is 0.575. The first-order valence-corrected chi connectivity index (χ1v) is 8.32. The molecule has 1 heterocycles. The molecule has 0 saturated heterocycles. The van der Waals surface area contributed by atoms with Gasteiger partial charge in [0.1, 0.15) is 0 Å². The minimum Gasteiger partial charge on any atom is -0.310 e. The first-order valence-electron chi connectivity index (χ1n) is 7.37. The zero-order chi connectivity index (χ0) is 13.1. The van der Waals surface area contributed by atoms with Gasteiger partial charge in [-0.05, 0) is 72.4 Å². The Labute approximate surface area is 116 Å². The molecule has 0 aromatic carbocycles. The van der Waals surface area contributed by atoms with Crippen molar-refractivity contribution >= 4 is 11.3 Å². The van der Waals surface area contributed by atoms with Gasteiger partial charge >= 0.3 is 0 Å². The van der Waals surface area contributed by atoms with Crippen LogP contribution in [0.4, 0.5) is 0 Å². The molecule has 3 atom stereocenters. The molecule has 2 rings (SSSR count). The number of hydrogen-bond donors (Lipinski definition) is 1. The summed E-state index contributed by atoms with van der Waals surface area (Å²) < 4.78 is 0. The van der Waals surface area contributed by atoms with Crippen LogP contribution in [0, 0.1) is 24.7 Å². The van der Waals surface area contributed by atoms with Crippen LogP contribution in [0.3, 0.4) is 0 Å². The van der Waals surface area contributed by atoms with Crippen LogP contribution in [0.25, 0.3) is 0 Å². The largest absolute Gasteiger partial charge is 0.310 e. The number of nitrogens with one attached hydrogen (secondary N) is 1. The summed E-state index contributed by atoms with van der Waals surface area (Å²) in [6.07, 6.45) is 4.19. The number of aryl methyl sites for hydroxylation is 1. The van der Waals surface area contributed by atoms with Crippen LogP contribution < -0.4 is 5.32 Å². The highest BCUT2D eigenvalue weighted by Crippen LogP contribution is 2.41. The van der Waals surface area contributed by atoms with Gasteiger partial charge in [-0.15, -0.1) is 0 Å². The first-order chi connectivity index (χ1) is 8.61. The molecule has 1 aromatic heterocycles. The van der Waals surface area contributed by atoms with Crippen LogP contribution >= 0.6 is 11.3 Å². The average Bonchev–Trinajstić information content (AvgIpc) is 2.71. The van der Waals surface area contributed by atoms with E-state index in [0.29, 0.717) is 6.04 Å². The molecule has 0 amide bonds. The maximum Gasteiger partial charge on any atom is 0.0359 e. The highest BCUT2D eigenvalue weighted by atomic mass is 32.1. The smallest absolute Gasteiger partial charge is 0.0359 e. The van der Waals surface area contributed by atoms with E-state index in [2.05, 4.69) is 43.8 Å². The molecule has 0 aliphatic heterocycles. The van der Waals surface area contributed by atoms with Crippen LogP contribution in [-0.4, -0.2) is 6.54 Å². The van der Waals surface area contributed by atoms with Crippen molar-refractivity contribution in [2.45, 2.75) is 53.0 Å². The Morgan fingerprint density at radius 3 is 2.39 bits per heavy atom.